The Kier molecular flexibility index (Phi) is 3.27. The fraction of sp³-hybridized carbons (Fsp3) is 0. The number of amides is 1. The lowest BCUT2D eigenvalue weighted by molar-refractivity contribution is 0.102. The number of nitrogens with zero attached hydrogens (tertiary/aromatic N) is 2. The fourth-order valence-corrected chi connectivity index (χ4v) is 2.71. The molecule has 4 nitrogen and oxygen atoms in total. The number of nitrogens with one attached hydrogen (secondary N) is 1. The molecule has 3 rings (SSSR count). The number of anilines is 1. The topological polar surface area (TPSA) is 54.9 Å². The Hall–Kier alpha value is -1.79. The highest BCUT2D eigenvalue weighted by molar-refractivity contribution is 9.10. The maximum atomic E-state index is 12.0. The molecule has 0 spiro atoms. The van der Waals surface area contributed by atoms with Crippen molar-refractivity contribution in [2.24, 2.45) is 0 Å². The maximum absolute atomic E-state index is 12.0. The zero-order valence-corrected chi connectivity index (χ0v) is 12.0. The highest BCUT2D eigenvalue weighted by atomic mass is 79.9. The molecule has 19 heavy (non-hydrogen) atoms. The van der Waals surface area contributed by atoms with Gasteiger partial charge in [0.05, 0.1) is 4.70 Å². The maximum Gasteiger partial charge on any atom is 0.257 e. The van der Waals surface area contributed by atoms with Crippen molar-refractivity contribution in [2.75, 3.05) is 5.32 Å². The quantitative estimate of drug-likeness (QED) is 0.727. The molecule has 2 heterocycles. The van der Waals surface area contributed by atoms with Crippen LogP contribution in [0, 0.1) is 0 Å². The Morgan fingerprint density at radius 3 is 2.68 bits per heavy atom. The molecule has 1 aromatic carbocycles. The van der Waals surface area contributed by atoms with Crippen molar-refractivity contribution in [3.8, 4) is 0 Å². The number of rotatable bonds is 2. The Labute approximate surface area is 121 Å². The minimum absolute atomic E-state index is 0.168. The van der Waals surface area contributed by atoms with Gasteiger partial charge in [0.15, 0.2) is 10.8 Å². The molecule has 0 aliphatic carbocycles. The van der Waals surface area contributed by atoms with E-state index in [4.69, 9.17) is 0 Å². The molecule has 0 fully saturated rings. The summed E-state index contributed by atoms with van der Waals surface area (Å²) in [7, 11) is 0. The van der Waals surface area contributed by atoms with Crippen molar-refractivity contribution in [1.29, 1.82) is 0 Å². The lowest BCUT2D eigenvalue weighted by atomic mass is 10.2. The number of carbonyl (C=O) groups excluding carboxylic acids is 1. The van der Waals surface area contributed by atoms with Crippen molar-refractivity contribution >= 4 is 48.7 Å². The zero-order valence-electron chi connectivity index (χ0n) is 9.63. The molecule has 0 aliphatic heterocycles. The molecule has 0 radical (unpaired) electrons. The number of aromatic nitrogens is 2. The van der Waals surface area contributed by atoms with Gasteiger partial charge in [0, 0.05) is 5.56 Å². The second-order valence-corrected chi connectivity index (χ2v) is 5.64. The third-order valence-corrected chi connectivity index (χ3v) is 3.84. The Bertz CT molecular complexity index is 742. The number of thiazole rings is 1. The van der Waals surface area contributed by atoms with Crippen LogP contribution in [0.4, 0.5) is 5.13 Å². The van der Waals surface area contributed by atoms with E-state index in [2.05, 4.69) is 31.2 Å². The predicted octanol–water partition coefficient (Wildman–Crippen LogP) is 3.71. The first kappa shape index (κ1) is 12.3. The largest absolute Gasteiger partial charge is 0.298 e. The standard InChI is InChI=1S/C13H8BrN3OS/c14-10-7-6-9-11(15-10)16-13(19-9)17-12(18)8-4-2-1-3-5-8/h1-7H,(H,15,16,17,18). The summed E-state index contributed by atoms with van der Waals surface area (Å²) < 4.78 is 1.66. The minimum atomic E-state index is -0.168. The van der Waals surface area contributed by atoms with Gasteiger partial charge in [-0.15, -0.1) is 0 Å². The molecule has 0 bridgehead atoms. The first-order valence-electron chi connectivity index (χ1n) is 5.52. The van der Waals surface area contributed by atoms with Crippen LogP contribution >= 0.6 is 27.3 Å². The second kappa shape index (κ2) is 5.07. The highest BCUT2D eigenvalue weighted by Crippen LogP contribution is 2.26. The van der Waals surface area contributed by atoms with Crippen molar-refractivity contribution in [3.05, 3.63) is 52.6 Å². The normalized spacial score (nSPS) is 10.6. The van der Waals surface area contributed by atoms with E-state index in [-0.39, 0.29) is 5.91 Å². The molecule has 0 saturated carbocycles. The van der Waals surface area contributed by atoms with Crippen LogP contribution in [-0.4, -0.2) is 15.9 Å². The van der Waals surface area contributed by atoms with E-state index < -0.39 is 0 Å². The van der Waals surface area contributed by atoms with E-state index in [9.17, 15) is 4.79 Å². The molecule has 0 unspecified atom stereocenters. The molecule has 1 N–H and O–H groups in total. The monoisotopic (exact) mass is 333 g/mol. The van der Waals surface area contributed by atoms with E-state index in [1.165, 1.54) is 11.3 Å². The summed E-state index contributed by atoms with van der Waals surface area (Å²) in [5.74, 6) is -0.168. The van der Waals surface area contributed by atoms with Crippen molar-refractivity contribution < 1.29 is 4.79 Å². The summed E-state index contributed by atoms with van der Waals surface area (Å²) in [6, 6.07) is 12.8. The van der Waals surface area contributed by atoms with E-state index in [0.717, 1.165) is 9.30 Å². The van der Waals surface area contributed by atoms with E-state index in [0.29, 0.717) is 16.3 Å². The van der Waals surface area contributed by atoms with Crippen molar-refractivity contribution in [3.63, 3.8) is 0 Å². The molecular weight excluding hydrogens is 326 g/mol. The average Bonchev–Trinajstić information content (AvgIpc) is 2.81. The minimum Gasteiger partial charge on any atom is -0.298 e. The summed E-state index contributed by atoms with van der Waals surface area (Å²) in [6.45, 7) is 0. The molecule has 0 saturated heterocycles. The molecule has 1 amide bonds. The number of pyridine rings is 1. The molecule has 2 aromatic heterocycles. The van der Waals surface area contributed by atoms with E-state index in [1.807, 2.05) is 30.3 Å². The third kappa shape index (κ3) is 2.64. The zero-order chi connectivity index (χ0) is 13.2. The van der Waals surface area contributed by atoms with Crippen molar-refractivity contribution in [1.82, 2.24) is 9.97 Å². The van der Waals surface area contributed by atoms with Gasteiger partial charge in [0.1, 0.15) is 4.60 Å². The summed E-state index contributed by atoms with van der Waals surface area (Å²) >= 11 is 4.70. The number of hydrogen-bond acceptors (Lipinski definition) is 4. The van der Waals surface area contributed by atoms with Crippen LogP contribution in [-0.2, 0) is 0 Å². The van der Waals surface area contributed by atoms with E-state index in [1.54, 1.807) is 12.1 Å². The van der Waals surface area contributed by atoms with Gasteiger partial charge in [-0.1, -0.05) is 29.5 Å². The molecule has 94 valence electrons. The first-order valence-corrected chi connectivity index (χ1v) is 7.13. The fourth-order valence-electron chi connectivity index (χ4n) is 1.61. The van der Waals surface area contributed by atoms with Crippen LogP contribution in [0.1, 0.15) is 10.4 Å². The van der Waals surface area contributed by atoms with Gasteiger partial charge >= 0.3 is 0 Å². The Balaban J connectivity index is 1.87. The first-order chi connectivity index (χ1) is 9.22. The predicted molar refractivity (Wildman–Crippen MR) is 79.5 cm³/mol. The second-order valence-electron chi connectivity index (χ2n) is 3.79. The van der Waals surface area contributed by atoms with Gasteiger partial charge in [-0.2, -0.15) is 4.98 Å². The number of fused-ring (bicyclic) bond motifs is 1. The van der Waals surface area contributed by atoms with Crippen LogP contribution in [0.5, 0.6) is 0 Å². The van der Waals surface area contributed by atoms with Gasteiger partial charge in [-0.25, -0.2) is 4.98 Å². The SMILES string of the molecule is O=C(Nc1nc2nc(Br)ccc2s1)c1ccccc1. The van der Waals surface area contributed by atoms with Gasteiger partial charge in [0.2, 0.25) is 0 Å². The summed E-state index contributed by atoms with van der Waals surface area (Å²) in [5, 5.41) is 3.33. The average molecular weight is 334 g/mol. The lowest BCUT2D eigenvalue weighted by Crippen LogP contribution is -2.11. The molecule has 3 aromatic rings. The summed E-state index contributed by atoms with van der Waals surface area (Å²) in [5.41, 5.74) is 1.23. The lowest BCUT2D eigenvalue weighted by Gasteiger charge is -1.99. The van der Waals surface area contributed by atoms with Crippen LogP contribution in [0.2, 0.25) is 0 Å². The van der Waals surface area contributed by atoms with Crippen molar-refractivity contribution in [2.45, 2.75) is 0 Å². The third-order valence-electron chi connectivity index (χ3n) is 2.48. The van der Waals surface area contributed by atoms with Crippen LogP contribution in [0.3, 0.4) is 0 Å². The number of halogens is 1. The molecular formula is C13H8BrN3OS. The van der Waals surface area contributed by atoms with Gasteiger partial charge < -0.3 is 0 Å². The smallest absolute Gasteiger partial charge is 0.257 e. The van der Waals surface area contributed by atoms with Crippen LogP contribution in [0.15, 0.2) is 47.1 Å². The molecule has 0 atom stereocenters. The van der Waals surface area contributed by atoms with E-state index >= 15 is 0 Å². The summed E-state index contributed by atoms with van der Waals surface area (Å²) in [4.78, 5) is 20.5. The van der Waals surface area contributed by atoms with Gasteiger partial charge in [-0.05, 0) is 40.2 Å². The Morgan fingerprint density at radius 2 is 1.89 bits per heavy atom. The number of benzene rings is 1. The molecule has 6 heteroatoms. The number of hydrogen-bond donors (Lipinski definition) is 1. The number of carbonyl (C=O) groups is 1. The van der Waals surface area contributed by atoms with Crippen LogP contribution in [0.25, 0.3) is 10.3 Å². The summed E-state index contributed by atoms with van der Waals surface area (Å²) in [6.07, 6.45) is 0. The van der Waals surface area contributed by atoms with Gasteiger partial charge in [0.25, 0.3) is 5.91 Å². The van der Waals surface area contributed by atoms with Crippen LogP contribution < -0.4 is 5.32 Å². The molecule has 0 aliphatic rings. The van der Waals surface area contributed by atoms with Gasteiger partial charge in [-0.3, -0.25) is 10.1 Å². The highest BCUT2D eigenvalue weighted by Gasteiger charge is 2.10. The Morgan fingerprint density at radius 1 is 1.11 bits per heavy atom.